The first-order valence-electron chi connectivity index (χ1n) is 8.78. The van der Waals surface area contributed by atoms with Crippen LogP contribution >= 0.6 is 0 Å². The maximum Gasteiger partial charge on any atom is 0.224 e. The molecule has 3 aromatic rings. The maximum atomic E-state index is 4.74. The summed E-state index contributed by atoms with van der Waals surface area (Å²) in [5.41, 5.74) is 5.19. The van der Waals surface area contributed by atoms with Gasteiger partial charge in [0.15, 0.2) is 0 Å². The largest absolute Gasteiger partial charge is 0.350 e. The van der Waals surface area contributed by atoms with E-state index < -0.39 is 0 Å². The number of rotatable bonds is 4. The summed E-state index contributed by atoms with van der Waals surface area (Å²) in [7, 11) is 0. The fourth-order valence-corrected chi connectivity index (χ4v) is 3.34. The average molecular weight is 330 g/mol. The topological polar surface area (TPSA) is 41.1 Å². The normalized spacial score (nSPS) is 13.4. The van der Waals surface area contributed by atoms with Crippen LogP contribution < -0.4 is 10.2 Å². The predicted octanol–water partition coefficient (Wildman–Crippen LogP) is 4.48. The summed E-state index contributed by atoms with van der Waals surface area (Å²) in [4.78, 5) is 11.4. The van der Waals surface area contributed by atoms with Crippen LogP contribution in [0.3, 0.4) is 0 Å². The summed E-state index contributed by atoms with van der Waals surface area (Å²) < 4.78 is 0. The first-order chi connectivity index (χ1) is 12.3. The number of aromatic nitrogens is 2. The van der Waals surface area contributed by atoms with E-state index in [2.05, 4.69) is 70.7 Å². The monoisotopic (exact) mass is 330 g/mol. The van der Waals surface area contributed by atoms with E-state index in [0.717, 1.165) is 31.7 Å². The minimum atomic E-state index is 0.670. The SMILES string of the molecule is Cc1ccccc1CNc1nccc(N2CCCc3ccccc32)n1. The van der Waals surface area contributed by atoms with E-state index in [0.29, 0.717) is 5.95 Å². The number of fused-ring (bicyclic) bond motifs is 1. The third-order valence-corrected chi connectivity index (χ3v) is 4.73. The number of benzene rings is 2. The third-order valence-electron chi connectivity index (χ3n) is 4.73. The summed E-state index contributed by atoms with van der Waals surface area (Å²) in [5.74, 6) is 1.62. The Hall–Kier alpha value is -2.88. The van der Waals surface area contributed by atoms with Crippen molar-refractivity contribution in [2.75, 3.05) is 16.8 Å². The van der Waals surface area contributed by atoms with E-state index in [1.807, 2.05) is 12.3 Å². The molecule has 0 atom stereocenters. The zero-order chi connectivity index (χ0) is 17.1. The number of anilines is 3. The molecule has 4 heteroatoms. The molecule has 1 aromatic heterocycles. The first-order valence-corrected chi connectivity index (χ1v) is 8.78. The Morgan fingerprint density at radius 2 is 1.88 bits per heavy atom. The molecule has 0 unspecified atom stereocenters. The lowest BCUT2D eigenvalue weighted by atomic mass is 10.0. The van der Waals surface area contributed by atoms with Gasteiger partial charge in [-0.3, -0.25) is 0 Å². The second kappa shape index (κ2) is 6.93. The minimum absolute atomic E-state index is 0.670. The first kappa shape index (κ1) is 15.6. The van der Waals surface area contributed by atoms with E-state index in [1.165, 1.54) is 22.4 Å². The number of nitrogens with one attached hydrogen (secondary N) is 1. The van der Waals surface area contributed by atoms with Crippen LogP contribution in [-0.4, -0.2) is 16.5 Å². The van der Waals surface area contributed by atoms with Crippen molar-refractivity contribution >= 4 is 17.5 Å². The second-order valence-corrected chi connectivity index (χ2v) is 6.40. The molecular formula is C21H22N4. The van der Waals surface area contributed by atoms with Crippen LogP contribution in [0.25, 0.3) is 0 Å². The van der Waals surface area contributed by atoms with Gasteiger partial charge in [-0.05, 0) is 48.6 Å². The second-order valence-electron chi connectivity index (χ2n) is 6.40. The highest BCUT2D eigenvalue weighted by atomic mass is 15.2. The highest BCUT2D eigenvalue weighted by molar-refractivity contribution is 5.65. The Labute approximate surface area is 148 Å². The van der Waals surface area contributed by atoms with Crippen molar-refractivity contribution < 1.29 is 0 Å². The van der Waals surface area contributed by atoms with Crippen LogP contribution in [0.5, 0.6) is 0 Å². The van der Waals surface area contributed by atoms with Crippen LogP contribution in [0.1, 0.15) is 23.1 Å². The molecule has 126 valence electrons. The van der Waals surface area contributed by atoms with Gasteiger partial charge in [0.05, 0.1) is 0 Å². The van der Waals surface area contributed by atoms with Crippen molar-refractivity contribution in [3.63, 3.8) is 0 Å². The fourth-order valence-electron chi connectivity index (χ4n) is 3.34. The number of hydrogen-bond donors (Lipinski definition) is 1. The van der Waals surface area contributed by atoms with E-state index in [1.54, 1.807) is 0 Å². The smallest absolute Gasteiger partial charge is 0.224 e. The molecule has 25 heavy (non-hydrogen) atoms. The van der Waals surface area contributed by atoms with Gasteiger partial charge in [-0.25, -0.2) is 4.98 Å². The number of nitrogens with zero attached hydrogens (tertiary/aromatic N) is 3. The lowest BCUT2D eigenvalue weighted by Crippen LogP contribution is -2.25. The zero-order valence-corrected chi connectivity index (χ0v) is 14.4. The summed E-state index contributed by atoms with van der Waals surface area (Å²) in [6, 6.07) is 19.0. The average Bonchev–Trinajstić information content (AvgIpc) is 2.67. The molecule has 0 bridgehead atoms. The van der Waals surface area contributed by atoms with Crippen LogP contribution in [0.15, 0.2) is 60.8 Å². The molecule has 4 nitrogen and oxygen atoms in total. The standard InChI is InChI=1S/C21H22N4/c1-16-7-2-3-9-18(16)15-23-21-22-13-12-20(24-21)25-14-6-10-17-8-4-5-11-19(17)25/h2-5,7-9,11-13H,6,10,14-15H2,1H3,(H,22,23,24). The summed E-state index contributed by atoms with van der Waals surface area (Å²) in [5, 5.41) is 3.36. The van der Waals surface area contributed by atoms with Crippen LogP contribution in [0.4, 0.5) is 17.5 Å². The third kappa shape index (κ3) is 3.33. The van der Waals surface area contributed by atoms with Crippen LogP contribution in [0, 0.1) is 6.92 Å². The Morgan fingerprint density at radius 1 is 1.04 bits per heavy atom. The van der Waals surface area contributed by atoms with Gasteiger partial charge in [0.2, 0.25) is 5.95 Å². The summed E-state index contributed by atoms with van der Waals surface area (Å²) >= 11 is 0. The number of para-hydroxylation sites is 1. The van der Waals surface area contributed by atoms with Crippen LogP contribution in [0.2, 0.25) is 0 Å². The predicted molar refractivity (Wildman–Crippen MR) is 102 cm³/mol. The molecule has 2 heterocycles. The van der Waals surface area contributed by atoms with Gasteiger partial charge >= 0.3 is 0 Å². The fraction of sp³-hybridized carbons (Fsp3) is 0.238. The lowest BCUT2D eigenvalue weighted by molar-refractivity contribution is 0.758. The highest BCUT2D eigenvalue weighted by Crippen LogP contribution is 2.32. The number of hydrogen-bond acceptors (Lipinski definition) is 4. The number of aryl methyl sites for hydroxylation is 2. The van der Waals surface area contributed by atoms with E-state index in [9.17, 15) is 0 Å². The maximum absolute atomic E-state index is 4.74. The van der Waals surface area contributed by atoms with E-state index >= 15 is 0 Å². The van der Waals surface area contributed by atoms with Crippen molar-refractivity contribution in [1.82, 2.24) is 9.97 Å². The van der Waals surface area contributed by atoms with Crippen LogP contribution in [-0.2, 0) is 13.0 Å². The lowest BCUT2D eigenvalue weighted by Gasteiger charge is -2.30. The molecule has 0 radical (unpaired) electrons. The highest BCUT2D eigenvalue weighted by Gasteiger charge is 2.19. The summed E-state index contributed by atoms with van der Waals surface area (Å²) in [6.45, 7) is 3.84. The Bertz CT molecular complexity index is 875. The molecule has 0 fully saturated rings. The molecule has 0 saturated carbocycles. The van der Waals surface area contributed by atoms with Gasteiger partial charge in [-0.2, -0.15) is 4.98 Å². The Morgan fingerprint density at radius 3 is 2.80 bits per heavy atom. The molecule has 0 aliphatic carbocycles. The van der Waals surface area contributed by atoms with Gasteiger partial charge in [0.1, 0.15) is 5.82 Å². The van der Waals surface area contributed by atoms with Gasteiger partial charge < -0.3 is 10.2 Å². The summed E-state index contributed by atoms with van der Waals surface area (Å²) in [6.07, 6.45) is 4.11. The van der Waals surface area contributed by atoms with Gasteiger partial charge in [0, 0.05) is 25.0 Å². The van der Waals surface area contributed by atoms with Crippen molar-refractivity contribution in [3.05, 3.63) is 77.5 Å². The molecular weight excluding hydrogens is 308 g/mol. The Balaban J connectivity index is 1.55. The quantitative estimate of drug-likeness (QED) is 0.766. The van der Waals surface area contributed by atoms with E-state index in [4.69, 9.17) is 4.98 Å². The molecule has 0 spiro atoms. The van der Waals surface area contributed by atoms with Gasteiger partial charge in [0.25, 0.3) is 0 Å². The van der Waals surface area contributed by atoms with Crippen molar-refractivity contribution in [2.24, 2.45) is 0 Å². The molecule has 1 aliphatic rings. The van der Waals surface area contributed by atoms with Crippen molar-refractivity contribution in [3.8, 4) is 0 Å². The minimum Gasteiger partial charge on any atom is -0.350 e. The van der Waals surface area contributed by atoms with Crippen molar-refractivity contribution in [1.29, 1.82) is 0 Å². The van der Waals surface area contributed by atoms with Gasteiger partial charge in [-0.15, -0.1) is 0 Å². The molecule has 0 amide bonds. The molecule has 1 aliphatic heterocycles. The molecule has 0 saturated heterocycles. The zero-order valence-electron chi connectivity index (χ0n) is 14.4. The van der Waals surface area contributed by atoms with Gasteiger partial charge in [-0.1, -0.05) is 42.5 Å². The Kier molecular flexibility index (Phi) is 4.34. The molecule has 2 aromatic carbocycles. The molecule has 4 rings (SSSR count). The van der Waals surface area contributed by atoms with E-state index in [-0.39, 0.29) is 0 Å². The molecule has 1 N–H and O–H groups in total. The van der Waals surface area contributed by atoms with Crippen molar-refractivity contribution in [2.45, 2.75) is 26.3 Å².